The van der Waals surface area contributed by atoms with Gasteiger partial charge in [0, 0.05) is 6.20 Å². The highest BCUT2D eigenvalue weighted by molar-refractivity contribution is 5.24. The van der Waals surface area contributed by atoms with Crippen LogP contribution in [0.4, 0.5) is 13.2 Å². The quantitative estimate of drug-likeness (QED) is 0.690. The van der Waals surface area contributed by atoms with Gasteiger partial charge in [0.2, 0.25) is 0 Å². The van der Waals surface area contributed by atoms with Crippen LogP contribution in [0.5, 0.6) is 5.88 Å². The van der Waals surface area contributed by atoms with E-state index in [1.807, 2.05) is 0 Å². The summed E-state index contributed by atoms with van der Waals surface area (Å²) in [4.78, 5) is 3.41. The molecule has 0 aromatic carbocycles. The molecule has 0 aliphatic heterocycles. The summed E-state index contributed by atoms with van der Waals surface area (Å²) in [5.74, 6) is -1.51. The van der Waals surface area contributed by atoms with Gasteiger partial charge in [-0.1, -0.05) is 0 Å². The number of aromatic nitrogens is 1. The first-order valence-corrected chi connectivity index (χ1v) is 3.13. The maximum atomic E-state index is 12.9. The molecule has 66 valence electrons. The van der Waals surface area contributed by atoms with Crippen molar-refractivity contribution in [1.29, 1.82) is 0 Å². The molecule has 0 saturated heterocycles. The molecule has 2 nitrogen and oxygen atoms in total. The van der Waals surface area contributed by atoms with Gasteiger partial charge in [-0.2, -0.15) is 0 Å². The van der Waals surface area contributed by atoms with Gasteiger partial charge in [-0.15, -0.1) is 0 Å². The number of rotatable bonds is 2. The molecule has 1 rings (SSSR count). The van der Waals surface area contributed by atoms with Crippen LogP contribution < -0.4 is 4.74 Å². The van der Waals surface area contributed by atoms with Crippen LogP contribution in [0.1, 0.15) is 12.0 Å². The average molecular weight is 177 g/mol. The number of pyridine rings is 1. The minimum Gasteiger partial charge on any atom is -0.479 e. The first-order chi connectivity index (χ1) is 5.66. The Labute approximate surface area is 67.0 Å². The third kappa shape index (κ3) is 1.49. The van der Waals surface area contributed by atoms with Crippen molar-refractivity contribution in [2.45, 2.75) is 6.43 Å². The van der Waals surface area contributed by atoms with Gasteiger partial charge in [0.05, 0.1) is 12.7 Å². The van der Waals surface area contributed by atoms with Crippen LogP contribution in [-0.2, 0) is 0 Å². The molecule has 0 radical (unpaired) electrons. The van der Waals surface area contributed by atoms with E-state index in [1.165, 1.54) is 7.11 Å². The molecule has 0 saturated carbocycles. The Morgan fingerprint density at radius 2 is 2.17 bits per heavy atom. The van der Waals surface area contributed by atoms with Gasteiger partial charge >= 0.3 is 0 Å². The van der Waals surface area contributed by atoms with Crippen molar-refractivity contribution >= 4 is 0 Å². The molecule has 0 N–H and O–H groups in total. The van der Waals surface area contributed by atoms with Gasteiger partial charge in [-0.05, 0) is 6.07 Å². The smallest absolute Gasteiger partial charge is 0.266 e. The number of nitrogens with zero attached hydrogens (tertiary/aromatic N) is 1. The lowest BCUT2D eigenvalue weighted by molar-refractivity contribution is 0.145. The number of alkyl halides is 2. The molecule has 0 spiro atoms. The lowest BCUT2D eigenvalue weighted by atomic mass is 10.2. The van der Waals surface area contributed by atoms with Crippen molar-refractivity contribution in [1.82, 2.24) is 4.98 Å². The van der Waals surface area contributed by atoms with E-state index in [4.69, 9.17) is 0 Å². The minimum atomic E-state index is -2.85. The second-order valence-corrected chi connectivity index (χ2v) is 2.02. The van der Waals surface area contributed by atoms with Gasteiger partial charge < -0.3 is 4.74 Å². The van der Waals surface area contributed by atoms with Crippen LogP contribution in [0, 0.1) is 5.82 Å². The van der Waals surface area contributed by atoms with Crippen molar-refractivity contribution in [2.24, 2.45) is 0 Å². The highest BCUT2D eigenvalue weighted by atomic mass is 19.3. The zero-order valence-electron chi connectivity index (χ0n) is 6.22. The molecular formula is C7H6F3NO. The van der Waals surface area contributed by atoms with Gasteiger partial charge in [0.15, 0.2) is 5.82 Å². The van der Waals surface area contributed by atoms with Crippen LogP contribution in [0.2, 0.25) is 0 Å². The van der Waals surface area contributed by atoms with Crippen molar-refractivity contribution in [2.75, 3.05) is 7.11 Å². The summed E-state index contributed by atoms with van der Waals surface area (Å²) in [5.41, 5.74) is -0.693. The Hall–Kier alpha value is -1.26. The number of hydrogen-bond acceptors (Lipinski definition) is 2. The Morgan fingerprint density at radius 3 is 2.67 bits per heavy atom. The van der Waals surface area contributed by atoms with E-state index in [1.54, 1.807) is 0 Å². The minimum absolute atomic E-state index is 0.409. The molecular weight excluding hydrogens is 171 g/mol. The monoisotopic (exact) mass is 177 g/mol. The molecule has 5 heteroatoms. The van der Waals surface area contributed by atoms with Crippen molar-refractivity contribution in [3.8, 4) is 5.88 Å². The zero-order chi connectivity index (χ0) is 9.14. The Morgan fingerprint density at radius 1 is 1.50 bits per heavy atom. The molecule has 0 aliphatic carbocycles. The zero-order valence-corrected chi connectivity index (χ0v) is 6.22. The summed E-state index contributed by atoms with van der Waals surface area (Å²) in [7, 11) is 1.17. The molecule has 0 fully saturated rings. The highest BCUT2D eigenvalue weighted by Crippen LogP contribution is 2.25. The third-order valence-corrected chi connectivity index (χ3v) is 1.32. The van der Waals surface area contributed by atoms with Crippen LogP contribution in [0.15, 0.2) is 12.3 Å². The molecule has 0 unspecified atom stereocenters. The molecule has 1 aromatic rings. The molecule has 1 aromatic heterocycles. The van der Waals surface area contributed by atoms with E-state index in [2.05, 4.69) is 9.72 Å². The second-order valence-electron chi connectivity index (χ2n) is 2.02. The summed E-state index contributed by atoms with van der Waals surface area (Å²) >= 11 is 0. The SMILES string of the molecule is COc1nccc(C(F)F)c1F. The van der Waals surface area contributed by atoms with Crippen LogP contribution in [-0.4, -0.2) is 12.1 Å². The van der Waals surface area contributed by atoms with E-state index >= 15 is 0 Å². The summed E-state index contributed by atoms with van der Waals surface area (Å²) in [6.07, 6.45) is -1.77. The third-order valence-electron chi connectivity index (χ3n) is 1.32. The van der Waals surface area contributed by atoms with Crippen molar-refractivity contribution < 1.29 is 17.9 Å². The van der Waals surface area contributed by atoms with Crippen LogP contribution >= 0.6 is 0 Å². The molecule has 0 bridgehead atoms. The van der Waals surface area contributed by atoms with Crippen LogP contribution in [0.25, 0.3) is 0 Å². The molecule has 0 atom stereocenters. The van der Waals surface area contributed by atoms with E-state index in [0.717, 1.165) is 12.3 Å². The maximum Gasteiger partial charge on any atom is 0.266 e. The van der Waals surface area contributed by atoms with E-state index in [9.17, 15) is 13.2 Å². The molecule has 1 heterocycles. The van der Waals surface area contributed by atoms with E-state index < -0.39 is 23.7 Å². The Bertz CT molecular complexity index is 277. The van der Waals surface area contributed by atoms with E-state index in [-0.39, 0.29) is 0 Å². The maximum absolute atomic E-state index is 12.9. The fourth-order valence-electron chi connectivity index (χ4n) is 0.749. The lowest BCUT2D eigenvalue weighted by Gasteiger charge is -2.04. The second kappa shape index (κ2) is 3.42. The van der Waals surface area contributed by atoms with Crippen molar-refractivity contribution in [3.05, 3.63) is 23.6 Å². The number of hydrogen-bond donors (Lipinski definition) is 0. The summed E-state index contributed by atoms with van der Waals surface area (Å²) in [6, 6.07) is 0.919. The molecule has 0 amide bonds. The first-order valence-electron chi connectivity index (χ1n) is 3.13. The number of halogens is 3. The Kier molecular flexibility index (Phi) is 2.52. The fourth-order valence-corrected chi connectivity index (χ4v) is 0.749. The van der Waals surface area contributed by atoms with Gasteiger partial charge in [0.25, 0.3) is 12.3 Å². The van der Waals surface area contributed by atoms with Gasteiger partial charge in [-0.3, -0.25) is 0 Å². The fraction of sp³-hybridized carbons (Fsp3) is 0.286. The average Bonchev–Trinajstić information content (AvgIpc) is 2.04. The van der Waals surface area contributed by atoms with Gasteiger partial charge in [-0.25, -0.2) is 18.2 Å². The van der Waals surface area contributed by atoms with Crippen molar-refractivity contribution in [3.63, 3.8) is 0 Å². The topological polar surface area (TPSA) is 22.1 Å². The predicted octanol–water partition coefficient (Wildman–Crippen LogP) is 2.17. The summed E-state index contributed by atoms with van der Waals surface area (Å²) < 4.78 is 41.3. The van der Waals surface area contributed by atoms with Crippen LogP contribution in [0.3, 0.4) is 0 Å². The standard InChI is InChI=1S/C7H6F3NO/c1-12-7-5(8)4(6(9)10)2-3-11-7/h2-3,6H,1H3. The normalized spacial score (nSPS) is 10.4. The summed E-state index contributed by atoms with van der Waals surface area (Å²) in [5, 5.41) is 0. The predicted molar refractivity (Wildman–Crippen MR) is 35.7 cm³/mol. The molecule has 12 heavy (non-hydrogen) atoms. The first kappa shape index (κ1) is 8.83. The van der Waals surface area contributed by atoms with E-state index in [0.29, 0.717) is 0 Å². The highest BCUT2D eigenvalue weighted by Gasteiger charge is 2.17. The Balaban J connectivity index is 3.14. The van der Waals surface area contributed by atoms with Gasteiger partial charge in [0.1, 0.15) is 0 Å². The summed E-state index contributed by atoms with van der Waals surface area (Å²) in [6.45, 7) is 0. The lowest BCUT2D eigenvalue weighted by Crippen LogP contribution is -1.97. The largest absolute Gasteiger partial charge is 0.479 e. The number of methoxy groups -OCH3 is 1. The molecule has 0 aliphatic rings. The number of ether oxygens (including phenoxy) is 1.